The predicted octanol–water partition coefficient (Wildman–Crippen LogP) is 14.4. The summed E-state index contributed by atoms with van der Waals surface area (Å²) in [6.45, 7) is 22.8. The number of alkyl halides is 4. The summed E-state index contributed by atoms with van der Waals surface area (Å²) < 4.78 is 146. The van der Waals surface area contributed by atoms with Crippen LogP contribution in [0.2, 0.25) is 0 Å². The van der Waals surface area contributed by atoms with E-state index in [2.05, 4.69) is 0 Å². The van der Waals surface area contributed by atoms with Crippen LogP contribution >= 0.6 is 0 Å². The van der Waals surface area contributed by atoms with E-state index in [0.717, 1.165) is 24.3 Å². The lowest BCUT2D eigenvalue weighted by Crippen LogP contribution is -2.53. The summed E-state index contributed by atoms with van der Waals surface area (Å²) in [6.07, 6.45) is -10.5. The number of hydrogen-bond donors (Lipinski definition) is 2. The van der Waals surface area contributed by atoms with Crippen LogP contribution in [0.4, 0.5) is 54.3 Å². The van der Waals surface area contributed by atoms with Gasteiger partial charge in [0, 0.05) is 72.0 Å². The van der Waals surface area contributed by atoms with Gasteiger partial charge in [-0.15, -0.1) is 0 Å². The summed E-state index contributed by atoms with van der Waals surface area (Å²) in [5, 5.41) is 23.4. The van der Waals surface area contributed by atoms with Crippen LogP contribution in [0.25, 0.3) is 21.8 Å². The first-order valence-electron chi connectivity index (χ1n) is 30.8. The molecule has 6 atom stereocenters. The molecule has 10 rings (SSSR count). The Kier molecular flexibility index (Phi) is 19.4. The number of carbonyl (C=O) groups is 4. The lowest BCUT2D eigenvalue weighted by Gasteiger charge is -2.42. The zero-order valence-electron chi connectivity index (χ0n) is 54.2. The van der Waals surface area contributed by atoms with Crippen molar-refractivity contribution < 1.29 is 83.5 Å². The highest BCUT2D eigenvalue weighted by Crippen LogP contribution is 2.48. The number of ether oxygens (including phenoxy) is 4. The Morgan fingerprint density at radius 3 is 1.04 bits per heavy atom. The molecule has 0 saturated carbocycles. The number of nitrogens with zero attached hydrogens (tertiary/aromatic N) is 6. The molecule has 2 saturated heterocycles. The summed E-state index contributed by atoms with van der Waals surface area (Å²) in [7, 11) is 0. The van der Waals surface area contributed by atoms with Crippen LogP contribution in [0.15, 0.2) is 72.8 Å². The molecule has 6 heterocycles. The number of halogens is 8. The van der Waals surface area contributed by atoms with E-state index < -0.39 is 155 Å². The molecule has 4 aliphatic rings. The minimum atomic E-state index is -2.83. The van der Waals surface area contributed by atoms with Crippen molar-refractivity contribution in [1.82, 2.24) is 28.7 Å². The lowest BCUT2D eigenvalue weighted by atomic mass is 9.85. The first kappa shape index (κ1) is 69.1. The standard InChI is InChI=1S/2C34H41F4N3O5/c2*1-18-12-22-21-10-8-9-11-25(21)41(32(44)46-34(5,6)7)28(22)29(40(18)17-26(37)38)27-23(35)13-19(14-24(27)36)30(42)20-15-39(16-20)31(43)45-33(2,3)4/h2*8-11,13-14,18,20,26,29-30,42H,12,15-17H2,1-7H3/t18-,29-,30+;18-,29-,30-/m11/s1. The second kappa shape index (κ2) is 25.9. The van der Waals surface area contributed by atoms with Gasteiger partial charge in [0.05, 0.1) is 59.8 Å². The average Bonchev–Trinajstić information content (AvgIpc) is 1.55. The largest absolute Gasteiger partial charge is 0.444 e. The SMILES string of the molecule is C[C@@H]1Cc2c(n(C(=O)OC(C)(C)C)c3ccccc23)[C@@H](c2c(F)cc([C@@H](O)C3CN(C(=O)OC(C)(C)C)C3)cc2F)N1CC(F)F.C[C@@H]1Cc2c(n(C(=O)OC(C)(C)C)c3ccccc23)[C@@H](c2c(F)cc([C@H](O)C3CN(C(=O)OC(C)(C)C)C3)cc2F)N1CC(F)F. The van der Waals surface area contributed by atoms with E-state index in [4.69, 9.17) is 18.9 Å². The molecule has 2 fully saturated rings. The molecule has 0 unspecified atom stereocenters. The van der Waals surface area contributed by atoms with Gasteiger partial charge in [-0.1, -0.05) is 36.4 Å². The number of rotatable bonds is 10. The van der Waals surface area contributed by atoms with E-state index in [1.54, 1.807) is 145 Å². The minimum Gasteiger partial charge on any atom is -0.444 e. The topological polar surface area (TPSA) is 168 Å². The Labute approximate surface area is 529 Å². The maximum Gasteiger partial charge on any atom is 0.419 e. The van der Waals surface area contributed by atoms with Crippen LogP contribution in [0.1, 0.15) is 166 Å². The minimum absolute atomic E-state index is 0.0511. The fourth-order valence-corrected chi connectivity index (χ4v) is 12.8. The van der Waals surface area contributed by atoms with Crippen molar-refractivity contribution in [1.29, 1.82) is 0 Å². The molecule has 2 amide bonds. The van der Waals surface area contributed by atoms with Gasteiger partial charge in [0.15, 0.2) is 0 Å². The molecule has 2 N–H and O–H groups in total. The number of carbonyl (C=O) groups excluding carboxylic acids is 4. The van der Waals surface area contributed by atoms with Crippen molar-refractivity contribution in [3.63, 3.8) is 0 Å². The van der Waals surface area contributed by atoms with Crippen molar-refractivity contribution in [3.8, 4) is 0 Å². The molecule has 0 spiro atoms. The second-order valence-corrected chi connectivity index (χ2v) is 28.5. The van der Waals surface area contributed by atoms with Crippen LogP contribution in [0.3, 0.4) is 0 Å². The zero-order chi connectivity index (χ0) is 67.8. The normalized spacial score (nSPS) is 20.1. The third-order valence-corrected chi connectivity index (χ3v) is 16.7. The van der Waals surface area contributed by atoms with Gasteiger partial charge in [-0.2, -0.15) is 0 Å². The third-order valence-electron chi connectivity index (χ3n) is 16.7. The Morgan fingerprint density at radius 2 is 0.761 bits per heavy atom. The molecule has 92 heavy (non-hydrogen) atoms. The molecule has 500 valence electrons. The number of amides is 2. The van der Waals surface area contributed by atoms with Crippen LogP contribution in [-0.2, 0) is 31.8 Å². The monoisotopic (exact) mass is 1290 g/mol. The van der Waals surface area contributed by atoms with Crippen molar-refractivity contribution in [3.05, 3.63) is 141 Å². The van der Waals surface area contributed by atoms with Gasteiger partial charge in [-0.05, 0) is 168 Å². The Hall–Kier alpha value is -7.28. The number of para-hydroxylation sites is 2. The number of benzene rings is 4. The first-order chi connectivity index (χ1) is 42.7. The number of fused-ring (bicyclic) bond motifs is 6. The van der Waals surface area contributed by atoms with Gasteiger partial charge in [0.1, 0.15) is 45.7 Å². The highest BCUT2D eigenvalue weighted by atomic mass is 19.3. The summed E-state index contributed by atoms with van der Waals surface area (Å²) in [5.41, 5.74) is -1.94. The maximum atomic E-state index is 16.2. The molecule has 4 aliphatic heterocycles. The summed E-state index contributed by atoms with van der Waals surface area (Å²) in [6, 6.07) is 13.9. The lowest BCUT2D eigenvalue weighted by molar-refractivity contribution is -0.0324. The molecular formula is C68H82F8N6O10. The van der Waals surface area contributed by atoms with Crippen molar-refractivity contribution in [2.75, 3.05) is 39.3 Å². The van der Waals surface area contributed by atoms with Crippen molar-refractivity contribution in [2.45, 2.75) is 181 Å². The second-order valence-electron chi connectivity index (χ2n) is 28.5. The quantitative estimate of drug-likeness (QED) is 0.0985. The summed E-state index contributed by atoms with van der Waals surface area (Å²) >= 11 is 0. The highest BCUT2D eigenvalue weighted by molar-refractivity contribution is 5.96. The Morgan fingerprint density at radius 1 is 0.478 bits per heavy atom. The molecule has 24 heteroatoms. The number of aromatic nitrogens is 2. The van der Waals surface area contributed by atoms with Crippen LogP contribution < -0.4 is 0 Å². The van der Waals surface area contributed by atoms with Gasteiger partial charge in [0.25, 0.3) is 12.9 Å². The van der Waals surface area contributed by atoms with Gasteiger partial charge < -0.3 is 39.0 Å². The van der Waals surface area contributed by atoms with Gasteiger partial charge in [-0.3, -0.25) is 9.80 Å². The Balaban J connectivity index is 0.000000217. The van der Waals surface area contributed by atoms with Crippen LogP contribution in [-0.4, -0.2) is 150 Å². The Bertz CT molecular complexity index is 3470. The van der Waals surface area contributed by atoms with Crippen molar-refractivity contribution in [2.24, 2.45) is 11.8 Å². The molecule has 2 aromatic heterocycles. The molecular weight excluding hydrogens is 1210 g/mol. The molecule has 0 radical (unpaired) electrons. The van der Waals surface area contributed by atoms with Crippen LogP contribution in [0.5, 0.6) is 0 Å². The maximum absolute atomic E-state index is 16.2. The molecule has 16 nitrogen and oxygen atoms in total. The van der Waals surface area contributed by atoms with E-state index >= 15 is 17.6 Å². The van der Waals surface area contributed by atoms with Gasteiger partial charge in [0.2, 0.25) is 0 Å². The summed E-state index contributed by atoms with van der Waals surface area (Å²) in [4.78, 5) is 57.5. The smallest absolute Gasteiger partial charge is 0.419 e. The fraction of sp³-hybridized carbons (Fsp3) is 0.529. The molecule has 0 aliphatic carbocycles. The zero-order valence-corrected chi connectivity index (χ0v) is 54.2. The number of hydrogen-bond acceptors (Lipinski definition) is 12. The van der Waals surface area contributed by atoms with E-state index in [1.165, 1.54) is 28.7 Å². The van der Waals surface area contributed by atoms with E-state index in [0.29, 0.717) is 32.9 Å². The highest BCUT2D eigenvalue weighted by Gasteiger charge is 2.47. The molecule has 6 aromatic rings. The van der Waals surface area contributed by atoms with Crippen LogP contribution in [0, 0.1) is 35.1 Å². The predicted molar refractivity (Wildman–Crippen MR) is 328 cm³/mol. The van der Waals surface area contributed by atoms with E-state index in [-0.39, 0.29) is 61.5 Å². The number of likely N-dealkylation sites (tertiary alicyclic amines) is 2. The average molecular weight is 1300 g/mol. The molecule has 0 bridgehead atoms. The number of aliphatic hydroxyl groups excluding tert-OH is 2. The molecule has 4 aromatic carbocycles. The summed E-state index contributed by atoms with van der Waals surface area (Å²) in [5.74, 6) is -5.21. The van der Waals surface area contributed by atoms with E-state index in [9.17, 15) is 47.0 Å². The number of aliphatic hydroxyl groups is 2. The first-order valence-corrected chi connectivity index (χ1v) is 30.8. The van der Waals surface area contributed by atoms with Gasteiger partial charge in [-0.25, -0.2) is 63.4 Å². The fourth-order valence-electron chi connectivity index (χ4n) is 12.8. The van der Waals surface area contributed by atoms with Gasteiger partial charge >= 0.3 is 24.4 Å². The third kappa shape index (κ3) is 14.6. The van der Waals surface area contributed by atoms with E-state index in [1.807, 2.05) is 0 Å². The van der Waals surface area contributed by atoms with Crippen molar-refractivity contribution >= 4 is 46.2 Å².